The van der Waals surface area contributed by atoms with Crippen LogP contribution in [-0.4, -0.2) is 36.7 Å². The molecule has 2 aromatic heterocycles. The second-order valence-electron chi connectivity index (χ2n) is 9.50. The Kier molecular flexibility index (Phi) is 5.30. The Labute approximate surface area is 199 Å². The summed E-state index contributed by atoms with van der Waals surface area (Å²) in [5, 5.41) is 0. The number of nitrogens with one attached hydrogen (secondary N) is 5. The van der Waals surface area contributed by atoms with Crippen LogP contribution < -0.4 is 19.6 Å². The van der Waals surface area contributed by atoms with E-state index in [1.54, 1.807) is 4.90 Å². The number of quaternary nitrogens is 1. The average Bonchev–Trinajstić information content (AvgIpc) is 3.48. The van der Waals surface area contributed by atoms with Crippen molar-refractivity contribution in [3.05, 3.63) is 66.2 Å². The van der Waals surface area contributed by atoms with Crippen LogP contribution in [0.3, 0.4) is 0 Å². The zero-order valence-corrected chi connectivity index (χ0v) is 19.8. The molecule has 0 spiro atoms. The minimum absolute atomic E-state index is 0.672. The van der Waals surface area contributed by atoms with E-state index in [-0.39, 0.29) is 0 Å². The van der Waals surface area contributed by atoms with Gasteiger partial charge in [0.05, 0.1) is 37.9 Å². The molecule has 1 fully saturated rings. The maximum absolute atomic E-state index is 5.56. The number of H-pyrrole nitrogens is 4. The van der Waals surface area contributed by atoms with E-state index in [0.717, 1.165) is 45.1 Å². The van der Waals surface area contributed by atoms with Gasteiger partial charge in [-0.05, 0) is 66.9 Å². The van der Waals surface area contributed by atoms with Gasteiger partial charge in [0.15, 0.2) is 22.1 Å². The number of piperidine rings is 1. The molecule has 0 aliphatic carbocycles. The summed E-state index contributed by atoms with van der Waals surface area (Å²) in [7, 11) is 2.30. The summed E-state index contributed by atoms with van der Waals surface area (Å²) in [5.41, 5.74) is 8.15. The van der Waals surface area contributed by atoms with E-state index in [9.17, 15) is 0 Å². The molecule has 6 heteroatoms. The molecule has 6 rings (SSSR count). The van der Waals surface area contributed by atoms with Crippen molar-refractivity contribution in [3.63, 3.8) is 0 Å². The predicted molar refractivity (Wildman–Crippen MR) is 134 cm³/mol. The van der Waals surface area contributed by atoms with Crippen molar-refractivity contribution in [2.45, 2.75) is 25.7 Å². The van der Waals surface area contributed by atoms with E-state index in [0.29, 0.717) is 12.5 Å². The minimum atomic E-state index is 0.672. The summed E-state index contributed by atoms with van der Waals surface area (Å²) in [4.78, 5) is 15.9. The summed E-state index contributed by atoms with van der Waals surface area (Å²) in [5.74, 6) is 3.57. The highest BCUT2D eigenvalue weighted by molar-refractivity contribution is 5.81. The maximum atomic E-state index is 5.56. The van der Waals surface area contributed by atoms with E-state index in [4.69, 9.17) is 4.74 Å². The standard InChI is InChI=1S/C28H29N5O/c1-3-34-22-8-4-19(5-9-22)27-29-24-11-7-21(17-26(24)31-27)28-30-23-10-6-20(16-25(23)32-28)18-12-14-33(2)15-13-18/h4-11,16-18H,3,12-15H2,1-2H3,(H,29,31)(H,30,32)/p+3. The van der Waals surface area contributed by atoms with Gasteiger partial charge >= 0.3 is 0 Å². The zero-order chi connectivity index (χ0) is 23.1. The Balaban J connectivity index is 1.28. The third-order valence-electron chi connectivity index (χ3n) is 7.16. The van der Waals surface area contributed by atoms with Crippen LogP contribution in [0.4, 0.5) is 0 Å². The Hall–Kier alpha value is -3.64. The number of hydrogen-bond acceptors (Lipinski definition) is 1. The molecule has 34 heavy (non-hydrogen) atoms. The molecule has 1 saturated heterocycles. The van der Waals surface area contributed by atoms with Crippen molar-refractivity contribution in [3.8, 4) is 28.5 Å². The van der Waals surface area contributed by atoms with Gasteiger partial charge in [-0.3, -0.25) is 0 Å². The van der Waals surface area contributed by atoms with Crippen molar-refractivity contribution >= 4 is 22.1 Å². The highest BCUT2D eigenvalue weighted by Gasteiger charge is 2.23. The molecule has 1 aliphatic heterocycles. The highest BCUT2D eigenvalue weighted by Crippen LogP contribution is 2.28. The van der Waals surface area contributed by atoms with Crippen LogP contribution in [0.15, 0.2) is 60.7 Å². The Bertz CT molecular complexity index is 1440. The first-order valence-electron chi connectivity index (χ1n) is 12.3. The van der Waals surface area contributed by atoms with Crippen LogP contribution in [0.25, 0.3) is 44.8 Å². The fourth-order valence-electron chi connectivity index (χ4n) is 5.16. The summed E-state index contributed by atoms with van der Waals surface area (Å²) in [6.07, 6.45) is 2.54. The fourth-order valence-corrected chi connectivity index (χ4v) is 5.16. The molecule has 0 bridgehead atoms. The minimum Gasteiger partial charge on any atom is -0.494 e. The molecule has 3 heterocycles. The molecule has 6 nitrogen and oxygen atoms in total. The third-order valence-corrected chi connectivity index (χ3v) is 7.16. The van der Waals surface area contributed by atoms with Crippen molar-refractivity contribution in [1.82, 2.24) is 9.97 Å². The highest BCUT2D eigenvalue weighted by atomic mass is 16.5. The van der Waals surface area contributed by atoms with E-state index >= 15 is 0 Å². The van der Waals surface area contributed by atoms with Crippen LogP contribution in [-0.2, 0) is 0 Å². The van der Waals surface area contributed by atoms with Gasteiger partial charge in [0, 0.05) is 18.9 Å². The number of hydrogen-bond donors (Lipinski definition) is 3. The van der Waals surface area contributed by atoms with Crippen molar-refractivity contribution < 1.29 is 19.6 Å². The predicted octanol–water partition coefficient (Wildman–Crippen LogP) is 3.40. The van der Waals surface area contributed by atoms with Gasteiger partial charge in [0.25, 0.3) is 11.6 Å². The summed E-state index contributed by atoms with van der Waals surface area (Å²) < 4.78 is 5.56. The molecule has 3 aromatic carbocycles. The SMILES string of the molecule is CCOc1ccc(-c2[nH]c3cc(-c4[nH]c5cc(C6CC[NH+](C)CC6)ccc5[nH+]4)ccc3[nH+]2)cc1. The topological polar surface area (TPSA) is 73.5 Å². The second-order valence-corrected chi connectivity index (χ2v) is 9.50. The van der Waals surface area contributed by atoms with Crippen molar-refractivity contribution in [2.75, 3.05) is 26.7 Å². The van der Waals surface area contributed by atoms with E-state index < -0.39 is 0 Å². The molecular weight excluding hydrogens is 422 g/mol. The first-order chi connectivity index (χ1) is 16.7. The van der Waals surface area contributed by atoms with Gasteiger partial charge in [-0.15, -0.1) is 0 Å². The summed E-state index contributed by atoms with van der Waals surface area (Å²) >= 11 is 0. The largest absolute Gasteiger partial charge is 0.494 e. The smallest absolute Gasteiger partial charge is 0.285 e. The van der Waals surface area contributed by atoms with Gasteiger partial charge in [0.2, 0.25) is 0 Å². The maximum Gasteiger partial charge on any atom is 0.285 e. The Morgan fingerprint density at radius 2 is 1.44 bits per heavy atom. The average molecular weight is 455 g/mol. The Morgan fingerprint density at radius 3 is 2.15 bits per heavy atom. The van der Waals surface area contributed by atoms with Gasteiger partial charge in [-0.25, -0.2) is 19.9 Å². The van der Waals surface area contributed by atoms with E-state index in [1.165, 1.54) is 37.0 Å². The van der Waals surface area contributed by atoms with Crippen LogP contribution in [0, 0.1) is 0 Å². The van der Waals surface area contributed by atoms with Crippen LogP contribution in [0.5, 0.6) is 5.75 Å². The third kappa shape index (κ3) is 3.94. The molecular formula is C28H32N5O+3. The molecule has 5 aromatic rings. The number of benzene rings is 3. The van der Waals surface area contributed by atoms with Crippen LogP contribution >= 0.6 is 0 Å². The monoisotopic (exact) mass is 454 g/mol. The number of fused-ring (bicyclic) bond motifs is 2. The summed E-state index contributed by atoms with van der Waals surface area (Å²) in [6.45, 7) is 5.19. The first kappa shape index (κ1) is 20.9. The number of likely N-dealkylation sites (tertiary alicyclic amines) is 1. The number of ether oxygens (including phenoxy) is 1. The molecule has 0 unspecified atom stereocenters. The molecule has 172 valence electrons. The molecule has 5 N–H and O–H groups in total. The van der Waals surface area contributed by atoms with Gasteiger partial charge < -0.3 is 9.64 Å². The zero-order valence-electron chi connectivity index (χ0n) is 19.8. The van der Waals surface area contributed by atoms with Crippen LogP contribution in [0.2, 0.25) is 0 Å². The lowest BCUT2D eigenvalue weighted by Gasteiger charge is -2.26. The lowest BCUT2D eigenvalue weighted by molar-refractivity contribution is -0.885. The van der Waals surface area contributed by atoms with Crippen molar-refractivity contribution in [2.24, 2.45) is 0 Å². The number of rotatable bonds is 5. The normalized spacial score (nSPS) is 18.5. The van der Waals surface area contributed by atoms with Crippen molar-refractivity contribution in [1.29, 1.82) is 0 Å². The first-order valence-corrected chi connectivity index (χ1v) is 12.3. The number of aromatic nitrogens is 4. The van der Waals surface area contributed by atoms with Crippen LogP contribution in [0.1, 0.15) is 31.2 Å². The number of aromatic amines is 4. The van der Waals surface area contributed by atoms with E-state index in [2.05, 4.69) is 75.5 Å². The Morgan fingerprint density at radius 1 is 0.824 bits per heavy atom. The molecule has 0 radical (unpaired) electrons. The lowest BCUT2D eigenvalue weighted by atomic mass is 9.89. The summed E-state index contributed by atoms with van der Waals surface area (Å²) in [6, 6.07) is 21.5. The molecule has 0 amide bonds. The lowest BCUT2D eigenvalue weighted by Crippen LogP contribution is -3.10. The van der Waals surface area contributed by atoms with Gasteiger partial charge in [-0.2, -0.15) is 0 Å². The molecule has 0 atom stereocenters. The molecule has 1 aliphatic rings. The van der Waals surface area contributed by atoms with Gasteiger partial charge in [0.1, 0.15) is 5.75 Å². The van der Waals surface area contributed by atoms with Gasteiger partial charge in [-0.1, -0.05) is 6.07 Å². The molecule has 0 saturated carbocycles. The second kappa shape index (κ2) is 8.61. The number of imidazole rings is 2. The van der Waals surface area contributed by atoms with E-state index in [1.807, 2.05) is 19.1 Å². The fraction of sp³-hybridized carbons (Fsp3) is 0.286. The quantitative estimate of drug-likeness (QED) is 0.374.